The Hall–Kier alpha value is -6.16. The van der Waals surface area contributed by atoms with Crippen molar-refractivity contribution in [2.24, 2.45) is 0 Å². The van der Waals surface area contributed by atoms with Gasteiger partial charge in [-0.2, -0.15) is 31.6 Å². The van der Waals surface area contributed by atoms with Crippen molar-refractivity contribution >= 4 is 35.8 Å². The molecule has 7 atom stereocenters. The summed E-state index contributed by atoms with van der Waals surface area (Å²) < 4.78 is 136. The van der Waals surface area contributed by atoms with E-state index in [9.17, 15) is 46.0 Å². The average molecular weight is 1020 g/mol. The first-order chi connectivity index (χ1) is 33.3. The van der Waals surface area contributed by atoms with Crippen molar-refractivity contribution in [1.82, 2.24) is 15.1 Å². The van der Waals surface area contributed by atoms with Crippen LogP contribution in [0.1, 0.15) is 82.6 Å². The molecule has 2 fully saturated rings. The summed E-state index contributed by atoms with van der Waals surface area (Å²) in [6, 6.07) is 1.48. The van der Waals surface area contributed by atoms with Crippen LogP contribution in [-0.2, 0) is 42.2 Å². The number of rotatable bonds is 5. The molecule has 1 spiro atoms. The van der Waals surface area contributed by atoms with E-state index in [1.165, 1.54) is 33.3 Å². The fourth-order valence-electron chi connectivity index (χ4n) is 10.8. The Morgan fingerprint density at radius 2 is 1.54 bits per heavy atom. The lowest BCUT2D eigenvalue weighted by Gasteiger charge is -2.62. The number of aryl methyl sites for hydroxylation is 1. The van der Waals surface area contributed by atoms with Gasteiger partial charge in [0.25, 0.3) is 0 Å². The number of hydrogen-bond acceptors (Lipinski definition) is 18. The summed E-state index contributed by atoms with van der Waals surface area (Å²) in [5.74, 6) is -7.70. The van der Waals surface area contributed by atoms with E-state index in [-0.39, 0.29) is 76.1 Å². The average Bonchev–Trinajstić information content (AvgIpc) is 3.78. The summed E-state index contributed by atoms with van der Waals surface area (Å²) in [6.07, 6.45) is -11.7. The summed E-state index contributed by atoms with van der Waals surface area (Å²) in [7, 11) is 4.12. The van der Waals surface area contributed by atoms with E-state index in [1.54, 1.807) is 50.6 Å². The maximum absolute atomic E-state index is 15.1. The van der Waals surface area contributed by atoms with Crippen molar-refractivity contribution < 1.29 is 88.2 Å². The topological polar surface area (TPSA) is 194 Å². The molecule has 380 valence electrons. The van der Waals surface area contributed by atoms with Gasteiger partial charge in [-0.15, -0.1) is 11.8 Å². The number of benzene rings is 3. The zero-order chi connectivity index (χ0) is 51.4. The molecule has 0 amide bonds. The number of carbonyl (C=O) groups is 4. The number of alkyl halides is 6. The summed E-state index contributed by atoms with van der Waals surface area (Å²) in [6.45, 7) is 6.95. The fourth-order valence-corrected chi connectivity index (χ4v) is 12.5. The molecule has 0 aromatic heterocycles. The van der Waals surface area contributed by atoms with E-state index in [0.29, 0.717) is 22.3 Å². The number of thioether (sulfide) groups is 1. The first kappa shape index (κ1) is 49.8. The molecule has 0 saturated carbocycles. The van der Waals surface area contributed by atoms with Crippen LogP contribution in [0, 0.1) is 25.2 Å². The number of carbonyl (C=O) groups excluding carboxylic acids is 4. The quantitative estimate of drug-likeness (QED) is 0.120. The monoisotopic (exact) mass is 1020 g/mol. The molecule has 17 nitrogen and oxygen atoms in total. The summed E-state index contributed by atoms with van der Waals surface area (Å²) in [5, 5.41) is 13.3. The highest BCUT2D eigenvalue weighted by Gasteiger charge is 2.62. The molecule has 3 aromatic carbocycles. The molecule has 1 N–H and O–H groups in total. The smallest absolute Gasteiger partial charge is 0.493 e. The summed E-state index contributed by atoms with van der Waals surface area (Å²) >= 11 is 0.992. The van der Waals surface area contributed by atoms with Crippen LogP contribution in [0.2, 0.25) is 0 Å². The van der Waals surface area contributed by atoms with Gasteiger partial charge < -0.3 is 42.6 Å². The SMILES string of the molecule is COc1cc2c(cc1OC(=O)OC(C)(C)C)CCN[C@]21CS[C@@H]2c3c(OC(=O)C(F)(F)F)c(C)c4c(c3[C@H](COC1=O)N1C2C2c3c(cc(C)c(OC)c3OC(=O)C(F)(F)F)C[C@@H]([C@@H]1C#N)N2C)OCO4. The number of nitrogens with one attached hydrogen (secondary N) is 1. The Bertz CT molecular complexity index is 2810. The van der Waals surface area contributed by atoms with Gasteiger partial charge >= 0.3 is 36.4 Å². The van der Waals surface area contributed by atoms with Gasteiger partial charge in [0, 0.05) is 46.6 Å². The number of halogens is 6. The van der Waals surface area contributed by atoms with E-state index in [1.807, 2.05) is 0 Å². The molecule has 0 aliphatic carbocycles. The number of nitrogens with zero attached hydrogens (tertiary/aromatic N) is 3. The predicted octanol–water partition coefficient (Wildman–Crippen LogP) is 6.90. The maximum Gasteiger partial charge on any atom is 0.514 e. The van der Waals surface area contributed by atoms with Crippen molar-refractivity contribution in [3.8, 4) is 46.3 Å². The molecule has 10 rings (SSSR count). The highest BCUT2D eigenvalue weighted by molar-refractivity contribution is 7.99. The molecule has 3 aromatic rings. The number of esters is 3. The lowest BCUT2D eigenvalue weighted by atomic mass is 9.71. The Kier molecular flexibility index (Phi) is 12.3. The van der Waals surface area contributed by atoms with Crippen LogP contribution in [0.15, 0.2) is 18.2 Å². The van der Waals surface area contributed by atoms with E-state index in [4.69, 9.17) is 42.6 Å². The van der Waals surface area contributed by atoms with Gasteiger partial charge in [-0.05, 0) is 88.9 Å². The summed E-state index contributed by atoms with van der Waals surface area (Å²) in [5.41, 5.74) is -1.17. The molecule has 7 aliphatic rings. The Morgan fingerprint density at radius 3 is 2.17 bits per heavy atom. The van der Waals surface area contributed by atoms with E-state index >= 15 is 4.79 Å². The van der Waals surface area contributed by atoms with E-state index in [0.717, 1.165) is 11.8 Å². The maximum atomic E-state index is 15.1. The molecule has 7 heterocycles. The molecule has 2 unspecified atom stereocenters. The Labute approximate surface area is 405 Å². The van der Waals surface area contributed by atoms with Gasteiger partial charge in [-0.25, -0.2) is 19.2 Å². The highest BCUT2D eigenvalue weighted by Crippen LogP contribution is 2.65. The molecular formula is C47H46F6N4O13S. The van der Waals surface area contributed by atoms with Crippen LogP contribution in [0.3, 0.4) is 0 Å². The van der Waals surface area contributed by atoms with Gasteiger partial charge in [0.2, 0.25) is 6.79 Å². The van der Waals surface area contributed by atoms with Gasteiger partial charge in [0.15, 0.2) is 40.0 Å². The second kappa shape index (κ2) is 17.6. The number of hydrogen-bond donors (Lipinski definition) is 1. The molecule has 4 bridgehead atoms. The molecule has 7 aliphatic heterocycles. The first-order valence-electron chi connectivity index (χ1n) is 22.1. The van der Waals surface area contributed by atoms with Crippen molar-refractivity contribution in [3.05, 3.63) is 62.7 Å². The molecular weight excluding hydrogens is 975 g/mol. The van der Waals surface area contributed by atoms with Gasteiger partial charge in [-0.3, -0.25) is 15.1 Å². The third-order valence-corrected chi connectivity index (χ3v) is 15.1. The van der Waals surface area contributed by atoms with Crippen LogP contribution in [0.5, 0.6) is 40.2 Å². The van der Waals surface area contributed by atoms with Crippen molar-refractivity contribution in [2.45, 2.75) is 106 Å². The normalized spacial score (nSPS) is 25.6. The molecule has 0 radical (unpaired) electrons. The van der Waals surface area contributed by atoms with Crippen LogP contribution < -0.4 is 38.5 Å². The third-order valence-electron chi connectivity index (χ3n) is 13.6. The van der Waals surface area contributed by atoms with Crippen molar-refractivity contribution in [2.75, 3.05) is 47.0 Å². The largest absolute Gasteiger partial charge is 0.514 e. The van der Waals surface area contributed by atoms with E-state index < -0.39 is 108 Å². The number of fused-ring (bicyclic) bond motifs is 9. The Balaban J connectivity index is 1.30. The zero-order valence-electron chi connectivity index (χ0n) is 39.3. The van der Waals surface area contributed by atoms with Gasteiger partial charge in [0.1, 0.15) is 24.0 Å². The minimum atomic E-state index is -5.51. The minimum Gasteiger partial charge on any atom is -0.493 e. The van der Waals surface area contributed by atoms with Crippen LogP contribution in [-0.4, -0.2) is 117 Å². The second-order valence-electron chi connectivity index (χ2n) is 18.8. The number of ether oxygens (including phenoxy) is 9. The molecule has 2 saturated heterocycles. The molecule has 24 heteroatoms. The number of piperazine rings is 1. The van der Waals surface area contributed by atoms with Crippen LogP contribution in [0.25, 0.3) is 0 Å². The second-order valence-corrected chi connectivity index (χ2v) is 19.9. The fraction of sp³-hybridized carbons (Fsp3) is 0.511. The van der Waals surface area contributed by atoms with Gasteiger partial charge in [-0.1, -0.05) is 6.07 Å². The highest BCUT2D eigenvalue weighted by atomic mass is 32.2. The first-order valence-corrected chi connectivity index (χ1v) is 23.2. The van der Waals surface area contributed by atoms with Gasteiger partial charge in [0.05, 0.1) is 37.6 Å². The standard InChI is InChI=1S/C47H46F6N4O13S/c1-19-11-22-12-24-25(15-54)57-26-16-64-40(58)45(23-14-27(62-7)28(13-21(23)9-10-55-45)67-43(61)70-44(3,4)5)17-71-39(31-30(26)37-36(65-18-66-37)20(2)35(31)68-41(59)46(48,49)50)33(57)32(56(24)6)29(22)38(34(19)63-8)69-42(60)47(51,52)53/h11,13-14,24-26,32-33,39,55H,9-10,12,16-18H2,1-8H3/t24-,25-,26-,32?,33?,39+,45+/m0/s1. The van der Waals surface area contributed by atoms with Crippen molar-refractivity contribution in [1.29, 1.82) is 5.26 Å². The lowest BCUT2D eigenvalue weighted by Crippen LogP contribution is -2.69. The zero-order valence-corrected chi connectivity index (χ0v) is 40.1. The van der Waals surface area contributed by atoms with Crippen LogP contribution >= 0.6 is 11.8 Å². The van der Waals surface area contributed by atoms with E-state index in [2.05, 4.69) is 11.4 Å². The van der Waals surface area contributed by atoms with Crippen LogP contribution in [0.4, 0.5) is 31.1 Å². The minimum absolute atomic E-state index is 0.0103. The number of methoxy groups -OCH3 is 2. The number of likely N-dealkylation sites (N-methyl/N-ethyl adjacent to an activating group) is 1. The Morgan fingerprint density at radius 1 is 0.859 bits per heavy atom. The lowest BCUT2D eigenvalue weighted by molar-refractivity contribution is -0.190. The van der Waals surface area contributed by atoms with Crippen molar-refractivity contribution in [3.63, 3.8) is 0 Å². The number of nitriles is 1. The molecule has 71 heavy (non-hydrogen) atoms. The third kappa shape index (κ3) is 8.17. The predicted molar refractivity (Wildman–Crippen MR) is 234 cm³/mol. The summed E-state index contributed by atoms with van der Waals surface area (Å²) in [4.78, 5) is 57.3.